The molecule has 0 aliphatic heterocycles. The van der Waals surface area contributed by atoms with Gasteiger partial charge in [0.1, 0.15) is 5.01 Å². The van der Waals surface area contributed by atoms with Crippen molar-refractivity contribution in [2.45, 2.75) is 32.2 Å². The third-order valence-electron chi connectivity index (χ3n) is 4.56. The van der Waals surface area contributed by atoms with Gasteiger partial charge >= 0.3 is 0 Å². The fourth-order valence-corrected chi connectivity index (χ4v) is 4.32. The van der Waals surface area contributed by atoms with Gasteiger partial charge < -0.3 is 5.32 Å². The number of rotatable bonds is 9. The maximum Gasteiger partial charge on any atom is 0.225 e. The van der Waals surface area contributed by atoms with Crippen LogP contribution < -0.4 is 10.0 Å². The summed E-state index contributed by atoms with van der Waals surface area (Å²) >= 11 is 1.41. The number of hydrogen-bond acceptors (Lipinski definition) is 5. The number of carbonyl (C=O) groups excluding carboxylic acids is 1. The predicted molar refractivity (Wildman–Crippen MR) is 117 cm³/mol. The molecule has 0 aliphatic carbocycles. The molecule has 0 saturated heterocycles. The van der Waals surface area contributed by atoms with E-state index in [-0.39, 0.29) is 12.0 Å². The Morgan fingerprint density at radius 2 is 1.90 bits per heavy atom. The zero-order valence-electron chi connectivity index (χ0n) is 16.6. The number of nitrogens with one attached hydrogen (secondary N) is 2. The van der Waals surface area contributed by atoms with E-state index in [1.807, 2.05) is 12.3 Å². The molecule has 6 nitrogen and oxygen atoms in total. The van der Waals surface area contributed by atoms with Gasteiger partial charge in [-0.2, -0.15) is 0 Å². The highest BCUT2D eigenvalue weighted by Crippen LogP contribution is 2.24. The van der Waals surface area contributed by atoms with E-state index >= 15 is 0 Å². The van der Waals surface area contributed by atoms with Gasteiger partial charge in [-0.25, -0.2) is 22.2 Å². The number of nitrogens with zero attached hydrogens (tertiary/aromatic N) is 1. The Kier molecular flexibility index (Phi) is 7.69. The fraction of sp³-hybridized carbons (Fsp3) is 0.238. The second-order valence-corrected chi connectivity index (χ2v) is 8.44. The lowest BCUT2D eigenvalue weighted by Gasteiger charge is -2.17. The summed E-state index contributed by atoms with van der Waals surface area (Å²) in [4.78, 5) is 17.2. The van der Waals surface area contributed by atoms with Gasteiger partial charge in [-0.05, 0) is 36.6 Å². The third-order valence-corrected chi connectivity index (χ3v) is 6.01. The number of benzene rings is 2. The van der Waals surface area contributed by atoms with Crippen LogP contribution in [-0.4, -0.2) is 19.3 Å². The maximum absolute atomic E-state index is 13.9. The molecule has 1 amide bonds. The van der Waals surface area contributed by atoms with Gasteiger partial charge in [0.2, 0.25) is 16.8 Å². The summed E-state index contributed by atoms with van der Waals surface area (Å²) in [5.74, 6) is -2.48. The minimum Gasteiger partial charge on any atom is -0.346 e. The molecule has 0 spiro atoms. The van der Waals surface area contributed by atoms with Crippen LogP contribution in [0, 0.1) is 11.6 Å². The Bertz CT molecular complexity index is 1120. The maximum atomic E-state index is 13.9. The highest BCUT2D eigenvalue weighted by molar-refractivity contribution is 7.73. The Morgan fingerprint density at radius 3 is 2.55 bits per heavy atom. The van der Waals surface area contributed by atoms with Gasteiger partial charge in [0.05, 0.1) is 18.2 Å². The first-order valence-corrected chi connectivity index (χ1v) is 11.6. The molecule has 2 N–H and O–H groups in total. The van der Waals surface area contributed by atoms with Crippen molar-refractivity contribution in [2.75, 3.05) is 4.72 Å². The minimum absolute atomic E-state index is 0.0215. The Balaban J connectivity index is 1.77. The number of aromatic nitrogens is 1. The zero-order chi connectivity index (χ0) is 22.4. The second-order valence-electron chi connectivity index (χ2n) is 6.81. The Morgan fingerprint density at radius 1 is 1.16 bits per heavy atom. The molecule has 31 heavy (non-hydrogen) atoms. The average molecular weight is 466 g/mol. The molecule has 0 aliphatic rings. The van der Waals surface area contributed by atoms with Gasteiger partial charge in [0, 0.05) is 16.6 Å². The number of carbonyl (C=O) groups is 1. The van der Waals surface area contributed by atoms with Crippen LogP contribution in [0.5, 0.6) is 0 Å². The van der Waals surface area contributed by atoms with Gasteiger partial charge in [0.25, 0.3) is 0 Å². The van der Waals surface area contributed by atoms with Crippen LogP contribution in [0.15, 0.2) is 47.8 Å². The molecule has 3 rings (SSSR count). The third kappa shape index (κ3) is 6.31. The van der Waals surface area contributed by atoms with Crippen molar-refractivity contribution in [3.8, 4) is 0 Å². The van der Waals surface area contributed by atoms with Gasteiger partial charge in [0.15, 0.2) is 11.6 Å². The van der Waals surface area contributed by atoms with Crippen molar-refractivity contribution in [3.63, 3.8) is 0 Å². The topological polar surface area (TPSA) is 88.2 Å². The summed E-state index contributed by atoms with van der Waals surface area (Å²) in [5.41, 5.74) is 2.16. The SMILES string of the molecule is CCc1csc([C@H](Cc2ccc(N[SH](=O)=O)cc2)NC(=O)Cc2cccc(F)c2F)n1. The van der Waals surface area contributed by atoms with E-state index in [0.29, 0.717) is 17.1 Å². The van der Waals surface area contributed by atoms with Crippen molar-refractivity contribution >= 4 is 33.8 Å². The number of thiol groups is 1. The average Bonchev–Trinajstić information content (AvgIpc) is 3.21. The van der Waals surface area contributed by atoms with E-state index in [1.165, 1.54) is 23.5 Å². The lowest BCUT2D eigenvalue weighted by atomic mass is 10.0. The van der Waals surface area contributed by atoms with E-state index in [9.17, 15) is 22.0 Å². The van der Waals surface area contributed by atoms with Crippen molar-refractivity contribution in [2.24, 2.45) is 0 Å². The first kappa shape index (κ1) is 22.8. The summed E-state index contributed by atoms with van der Waals surface area (Å²) < 4.78 is 51.2. The summed E-state index contributed by atoms with van der Waals surface area (Å²) in [6.45, 7) is 1.98. The number of amides is 1. The van der Waals surface area contributed by atoms with Crippen LogP contribution in [0.4, 0.5) is 14.5 Å². The monoisotopic (exact) mass is 465 g/mol. The number of hydrogen-bond donors (Lipinski definition) is 3. The lowest BCUT2D eigenvalue weighted by Crippen LogP contribution is -2.31. The number of halogens is 2. The van der Waals surface area contributed by atoms with Crippen molar-refractivity contribution in [1.82, 2.24) is 10.3 Å². The fourth-order valence-electron chi connectivity index (χ4n) is 3.00. The van der Waals surface area contributed by atoms with Gasteiger partial charge in [-0.1, -0.05) is 31.2 Å². The first-order valence-electron chi connectivity index (χ1n) is 9.52. The van der Waals surface area contributed by atoms with Crippen LogP contribution in [0.25, 0.3) is 0 Å². The molecule has 10 heteroatoms. The lowest BCUT2D eigenvalue weighted by molar-refractivity contribution is -0.121. The first-order chi connectivity index (χ1) is 14.9. The summed E-state index contributed by atoms with van der Waals surface area (Å²) in [7, 11) is -2.75. The van der Waals surface area contributed by atoms with Crippen LogP contribution in [0.2, 0.25) is 0 Å². The van der Waals surface area contributed by atoms with Crippen LogP contribution in [0.1, 0.15) is 34.8 Å². The molecular weight excluding hydrogens is 444 g/mol. The van der Waals surface area contributed by atoms with Crippen LogP contribution in [-0.2, 0) is 34.9 Å². The van der Waals surface area contributed by atoms with Crippen LogP contribution >= 0.6 is 11.3 Å². The summed E-state index contributed by atoms with van der Waals surface area (Å²) in [6.07, 6.45) is 0.850. The van der Waals surface area contributed by atoms with Crippen molar-refractivity contribution in [3.05, 3.63) is 81.3 Å². The van der Waals surface area contributed by atoms with Crippen LogP contribution in [0.3, 0.4) is 0 Å². The highest BCUT2D eigenvalue weighted by atomic mass is 32.2. The normalized spacial score (nSPS) is 12.0. The van der Waals surface area contributed by atoms with Gasteiger partial charge in [-0.15, -0.1) is 11.3 Å². The number of aryl methyl sites for hydroxylation is 1. The molecular formula is C21H21F2N3O3S2. The number of thiazole rings is 1. The molecule has 0 saturated carbocycles. The molecule has 1 aromatic heterocycles. The minimum atomic E-state index is -2.75. The molecule has 164 valence electrons. The van der Waals surface area contributed by atoms with E-state index in [0.717, 1.165) is 23.7 Å². The Labute approximate surface area is 184 Å². The quantitative estimate of drug-likeness (QED) is 0.422. The van der Waals surface area contributed by atoms with E-state index in [1.54, 1.807) is 24.3 Å². The summed E-state index contributed by atoms with van der Waals surface area (Å²) in [5, 5.41) is 5.49. The second kappa shape index (κ2) is 10.5. The molecule has 1 atom stereocenters. The standard InChI is InChI=1S/C21H21F2N3O3S2/c1-2-15-12-30-21(24-15)18(10-13-6-8-16(9-7-13)26-31(28)29)25-19(27)11-14-4-3-5-17(22)20(14)23/h3-9,12,18,31H,2,10-11H2,1H3,(H,25,27)(H,26,28,29)/t18-/m0/s1. The molecule has 0 unspecified atom stereocenters. The van der Waals surface area contributed by atoms with Gasteiger partial charge in [-0.3, -0.25) is 9.52 Å². The smallest absolute Gasteiger partial charge is 0.225 e. The van der Waals surface area contributed by atoms with E-state index in [2.05, 4.69) is 15.0 Å². The number of anilines is 1. The van der Waals surface area contributed by atoms with E-state index < -0.39 is 34.5 Å². The zero-order valence-corrected chi connectivity index (χ0v) is 18.3. The molecule has 0 bridgehead atoms. The molecule has 0 fully saturated rings. The van der Waals surface area contributed by atoms with E-state index in [4.69, 9.17) is 0 Å². The molecule has 2 aromatic carbocycles. The summed E-state index contributed by atoms with van der Waals surface area (Å²) in [6, 6.07) is 10.0. The predicted octanol–water partition coefficient (Wildman–Crippen LogP) is 3.56. The largest absolute Gasteiger partial charge is 0.346 e. The molecule has 3 aromatic rings. The van der Waals surface area contributed by atoms with Crippen molar-refractivity contribution < 1.29 is 22.0 Å². The molecule has 1 heterocycles. The molecule has 0 radical (unpaired) electrons. The van der Waals surface area contributed by atoms with Crippen molar-refractivity contribution in [1.29, 1.82) is 0 Å². The highest BCUT2D eigenvalue weighted by Gasteiger charge is 2.20. The Hall–Kier alpha value is -2.85.